The summed E-state index contributed by atoms with van der Waals surface area (Å²) in [6.07, 6.45) is 8.09. The molecular formula is C18H26N4OS. The average molecular weight is 347 g/mol. The maximum absolute atomic E-state index is 12.6. The summed E-state index contributed by atoms with van der Waals surface area (Å²) in [5, 5.41) is 4.75. The van der Waals surface area contributed by atoms with Crippen LogP contribution in [0.2, 0.25) is 0 Å². The number of carbonyl (C=O) groups excluding carboxylic acids is 1. The Morgan fingerprint density at radius 2 is 2.21 bits per heavy atom. The van der Waals surface area contributed by atoms with Crippen molar-refractivity contribution in [3.05, 3.63) is 10.6 Å². The van der Waals surface area contributed by atoms with Gasteiger partial charge in [-0.25, -0.2) is 4.98 Å². The second-order valence-corrected chi connectivity index (χ2v) is 9.00. The zero-order valence-corrected chi connectivity index (χ0v) is 15.0. The number of anilines is 1. The Kier molecular flexibility index (Phi) is 3.78. The van der Waals surface area contributed by atoms with Crippen molar-refractivity contribution >= 4 is 22.4 Å². The standard InChI is InChI=1S/C18H26N4OS/c23-17(7-12-3-1-2-4-12)21-6-5-15-16(11-21)24-18(20-15)22-10-13-8-14(22)9-19-13/h12-14,19H,1-11H2/t13-,14-/m0/s1. The Bertz CT molecular complexity index is 639. The number of hydrogen-bond acceptors (Lipinski definition) is 5. The zero-order chi connectivity index (χ0) is 16.1. The van der Waals surface area contributed by atoms with Crippen LogP contribution in [0.15, 0.2) is 0 Å². The van der Waals surface area contributed by atoms with Crippen LogP contribution in [0.3, 0.4) is 0 Å². The average Bonchev–Trinajstić information content (AvgIpc) is 3.36. The van der Waals surface area contributed by atoms with E-state index in [1.807, 2.05) is 11.3 Å². The highest BCUT2D eigenvalue weighted by Crippen LogP contribution is 2.36. The summed E-state index contributed by atoms with van der Waals surface area (Å²) in [5.74, 6) is 1.01. The lowest BCUT2D eigenvalue weighted by Crippen LogP contribution is -2.43. The Morgan fingerprint density at radius 3 is 2.96 bits per heavy atom. The molecule has 3 fully saturated rings. The number of amides is 1. The van der Waals surface area contributed by atoms with E-state index in [1.54, 1.807) is 0 Å². The molecule has 1 saturated carbocycles. The number of hydrogen-bond donors (Lipinski definition) is 1. The van der Waals surface area contributed by atoms with E-state index in [-0.39, 0.29) is 0 Å². The lowest BCUT2D eigenvalue weighted by atomic mass is 10.0. The first-order chi connectivity index (χ1) is 11.8. The molecule has 3 aliphatic heterocycles. The van der Waals surface area contributed by atoms with Gasteiger partial charge in [0, 0.05) is 49.4 Å². The van der Waals surface area contributed by atoms with Gasteiger partial charge in [0.15, 0.2) is 5.13 Å². The second-order valence-electron chi connectivity index (χ2n) is 7.93. The molecule has 4 aliphatic rings. The van der Waals surface area contributed by atoms with Crippen LogP contribution in [0, 0.1) is 5.92 Å². The number of rotatable bonds is 3. The zero-order valence-electron chi connectivity index (χ0n) is 14.2. The Labute approximate surface area is 147 Å². The van der Waals surface area contributed by atoms with Gasteiger partial charge in [-0.3, -0.25) is 4.79 Å². The highest BCUT2D eigenvalue weighted by atomic mass is 32.1. The van der Waals surface area contributed by atoms with E-state index in [2.05, 4.69) is 15.1 Å². The topological polar surface area (TPSA) is 48.5 Å². The largest absolute Gasteiger partial charge is 0.342 e. The predicted molar refractivity (Wildman–Crippen MR) is 95.4 cm³/mol. The fraction of sp³-hybridized carbons (Fsp3) is 0.778. The molecule has 6 heteroatoms. The lowest BCUT2D eigenvalue weighted by Gasteiger charge is -2.27. The van der Waals surface area contributed by atoms with Gasteiger partial charge in [0.05, 0.1) is 12.2 Å². The summed E-state index contributed by atoms with van der Waals surface area (Å²) in [4.78, 5) is 23.5. The molecule has 5 nitrogen and oxygen atoms in total. The maximum atomic E-state index is 12.6. The van der Waals surface area contributed by atoms with Gasteiger partial charge in [0.2, 0.25) is 5.91 Å². The molecule has 130 valence electrons. The minimum absolute atomic E-state index is 0.368. The van der Waals surface area contributed by atoms with Crippen molar-refractivity contribution in [1.29, 1.82) is 0 Å². The molecule has 1 N–H and O–H groups in total. The van der Waals surface area contributed by atoms with E-state index < -0.39 is 0 Å². The minimum Gasteiger partial charge on any atom is -0.342 e. The third-order valence-electron chi connectivity index (χ3n) is 6.31. The van der Waals surface area contributed by atoms with Crippen molar-refractivity contribution in [3.8, 4) is 0 Å². The third-order valence-corrected chi connectivity index (χ3v) is 7.43. The van der Waals surface area contributed by atoms with Crippen molar-refractivity contribution in [2.75, 3.05) is 24.5 Å². The predicted octanol–water partition coefficient (Wildman–Crippen LogP) is 2.16. The molecule has 1 aromatic heterocycles. The SMILES string of the molecule is O=C(CC1CCCC1)N1CCc2nc(N3C[C@@H]4C[C@H]3CN4)sc2C1. The van der Waals surface area contributed by atoms with E-state index in [9.17, 15) is 4.79 Å². The van der Waals surface area contributed by atoms with Crippen molar-refractivity contribution in [1.82, 2.24) is 15.2 Å². The minimum atomic E-state index is 0.368. The van der Waals surface area contributed by atoms with Gasteiger partial charge in [-0.2, -0.15) is 0 Å². The van der Waals surface area contributed by atoms with Crippen molar-refractivity contribution in [3.63, 3.8) is 0 Å². The number of nitrogens with zero attached hydrogens (tertiary/aromatic N) is 3. The number of aromatic nitrogens is 1. The van der Waals surface area contributed by atoms with E-state index in [1.165, 1.54) is 47.8 Å². The molecule has 1 amide bonds. The van der Waals surface area contributed by atoms with Crippen molar-refractivity contribution < 1.29 is 4.79 Å². The monoisotopic (exact) mass is 346 g/mol. The van der Waals surface area contributed by atoms with Gasteiger partial charge in [0.1, 0.15) is 0 Å². The Morgan fingerprint density at radius 1 is 1.33 bits per heavy atom. The van der Waals surface area contributed by atoms with Crippen LogP contribution in [-0.2, 0) is 17.8 Å². The number of fused-ring (bicyclic) bond motifs is 3. The summed E-state index contributed by atoms with van der Waals surface area (Å²) < 4.78 is 0. The van der Waals surface area contributed by atoms with Crippen LogP contribution in [0.1, 0.15) is 49.1 Å². The lowest BCUT2D eigenvalue weighted by molar-refractivity contribution is -0.133. The fourth-order valence-corrected chi connectivity index (χ4v) is 6.11. The Balaban J connectivity index is 1.26. The number of carbonyl (C=O) groups is 1. The van der Waals surface area contributed by atoms with Gasteiger partial charge < -0.3 is 15.1 Å². The smallest absolute Gasteiger partial charge is 0.223 e. The van der Waals surface area contributed by atoms with E-state index in [0.29, 0.717) is 23.9 Å². The molecule has 0 aromatic carbocycles. The van der Waals surface area contributed by atoms with Crippen LogP contribution >= 0.6 is 11.3 Å². The molecule has 24 heavy (non-hydrogen) atoms. The number of thiazole rings is 1. The first-order valence-electron chi connectivity index (χ1n) is 9.52. The molecule has 5 rings (SSSR count). The Hall–Kier alpha value is -1.14. The third kappa shape index (κ3) is 2.64. The molecule has 0 radical (unpaired) electrons. The molecule has 1 aromatic rings. The quantitative estimate of drug-likeness (QED) is 0.911. The van der Waals surface area contributed by atoms with E-state index in [4.69, 9.17) is 4.98 Å². The van der Waals surface area contributed by atoms with Crippen molar-refractivity contribution in [2.45, 2.75) is 63.6 Å². The van der Waals surface area contributed by atoms with E-state index >= 15 is 0 Å². The van der Waals surface area contributed by atoms with Crippen LogP contribution < -0.4 is 10.2 Å². The maximum Gasteiger partial charge on any atom is 0.223 e. The normalized spacial score (nSPS) is 29.5. The first-order valence-corrected chi connectivity index (χ1v) is 10.3. The molecule has 0 spiro atoms. The first kappa shape index (κ1) is 15.1. The van der Waals surface area contributed by atoms with Crippen LogP contribution in [0.25, 0.3) is 0 Å². The van der Waals surface area contributed by atoms with Gasteiger partial charge in [-0.05, 0) is 25.2 Å². The van der Waals surface area contributed by atoms with Gasteiger partial charge in [-0.15, -0.1) is 0 Å². The summed E-state index contributed by atoms with van der Waals surface area (Å²) in [6, 6.07) is 1.28. The van der Waals surface area contributed by atoms with Gasteiger partial charge in [-0.1, -0.05) is 24.2 Å². The van der Waals surface area contributed by atoms with Gasteiger partial charge in [0.25, 0.3) is 0 Å². The van der Waals surface area contributed by atoms with Crippen molar-refractivity contribution in [2.24, 2.45) is 5.92 Å². The van der Waals surface area contributed by atoms with Crippen LogP contribution in [0.4, 0.5) is 5.13 Å². The number of piperazine rings is 1. The van der Waals surface area contributed by atoms with E-state index in [0.717, 1.165) is 39.0 Å². The summed E-state index contributed by atoms with van der Waals surface area (Å²) in [7, 11) is 0. The van der Waals surface area contributed by atoms with Gasteiger partial charge >= 0.3 is 0 Å². The molecule has 4 heterocycles. The summed E-state index contributed by atoms with van der Waals surface area (Å²) in [5.41, 5.74) is 1.25. The summed E-state index contributed by atoms with van der Waals surface area (Å²) in [6.45, 7) is 3.84. The molecule has 2 atom stereocenters. The number of nitrogens with one attached hydrogen (secondary N) is 1. The molecular weight excluding hydrogens is 320 g/mol. The molecule has 2 bridgehead atoms. The molecule has 0 unspecified atom stereocenters. The van der Waals surface area contributed by atoms with Crippen LogP contribution in [-0.4, -0.2) is 47.5 Å². The fourth-order valence-electron chi connectivity index (χ4n) is 4.90. The highest BCUT2D eigenvalue weighted by molar-refractivity contribution is 7.15. The second kappa shape index (κ2) is 5.99. The van der Waals surface area contributed by atoms with Crippen LogP contribution in [0.5, 0.6) is 0 Å². The molecule has 1 aliphatic carbocycles. The highest BCUT2D eigenvalue weighted by Gasteiger charge is 2.39. The molecule has 2 saturated heterocycles. The summed E-state index contributed by atoms with van der Waals surface area (Å²) >= 11 is 1.83.